The summed E-state index contributed by atoms with van der Waals surface area (Å²) in [5, 5.41) is 0.629. The van der Waals surface area contributed by atoms with Crippen molar-refractivity contribution in [2.24, 2.45) is 11.8 Å². The number of ether oxygens (including phenoxy) is 1. The molecule has 2 amide bonds. The Morgan fingerprint density at radius 3 is 2.61 bits per heavy atom. The second kappa shape index (κ2) is 6.54. The molecular formula is C17H16ClNO4. The lowest BCUT2D eigenvalue weighted by molar-refractivity contribution is -0.140. The maximum Gasteiger partial charge on any atom is 0.338 e. The monoisotopic (exact) mass is 333 g/mol. The zero-order chi connectivity index (χ0) is 16.4. The molecule has 1 aromatic rings. The standard InChI is InChI=1S/C17H16ClNO4/c18-12-6-7-13-14(10-12)16(21)19(15(13)20)8-9-23-17(22)11-4-2-1-3-5-11/h1-6,13-14H,7-10H2. The van der Waals surface area contributed by atoms with Gasteiger partial charge in [-0.1, -0.05) is 35.9 Å². The van der Waals surface area contributed by atoms with Crippen LogP contribution in [0.1, 0.15) is 23.2 Å². The number of esters is 1. The molecule has 0 N–H and O–H groups in total. The van der Waals surface area contributed by atoms with Crippen LogP contribution in [0, 0.1) is 11.8 Å². The first-order chi connectivity index (χ1) is 11.1. The van der Waals surface area contributed by atoms with Crippen molar-refractivity contribution in [3.63, 3.8) is 0 Å². The van der Waals surface area contributed by atoms with E-state index in [0.717, 1.165) is 0 Å². The Morgan fingerprint density at radius 2 is 1.87 bits per heavy atom. The number of halogens is 1. The van der Waals surface area contributed by atoms with Gasteiger partial charge in [-0.3, -0.25) is 14.5 Å². The van der Waals surface area contributed by atoms with Crippen molar-refractivity contribution in [3.05, 3.63) is 47.0 Å². The summed E-state index contributed by atoms with van der Waals surface area (Å²) in [4.78, 5) is 37.6. The third-order valence-electron chi connectivity index (χ3n) is 4.22. The number of rotatable bonds is 4. The number of fused-ring (bicyclic) bond motifs is 1. The van der Waals surface area contributed by atoms with Gasteiger partial charge in [0, 0.05) is 5.03 Å². The van der Waals surface area contributed by atoms with Crippen LogP contribution in [0.15, 0.2) is 41.4 Å². The molecule has 23 heavy (non-hydrogen) atoms. The van der Waals surface area contributed by atoms with E-state index in [-0.39, 0.29) is 36.8 Å². The third-order valence-corrected chi connectivity index (χ3v) is 4.53. The molecule has 1 aromatic carbocycles. The molecule has 2 atom stereocenters. The van der Waals surface area contributed by atoms with E-state index in [1.54, 1.807) is 36.4 Å². The van der Waals surface area contributed by atoms with Crippen LogP contribution in [0.5, 0.6) is 0 Å². The SMILES string of the molecule is O=C(OCCN1C(=O)C2CC=C(Cl)CC2C1=O)c1ccccc1. The largest absolute Gasteiger partial charge is 0.460 e. The maximum atomic E-state index is 12.3. The highest BCUT2D eigenvalue weighted by atomic mass is 35.5. The van der Waals surface area contributed by atoms with Crippen LogP contribution < -0.4 is 0 Å². The van der Waals surface area contributed by atoms with E-state index in [0.29, 0.717) is 23.4 Å². The number of nitrogens with zero attached hydrogens (tertiary/aromatic N) is 1. The van der Waals surface area contributed by atoms with Crippen LogP contribution >= 0.6 is 11.6 Å². The molecule has 2 unspecified atom stereocenters. The van der Waals surface area contributed by atoms with Crippen molar-refractivity contribution >= 4 is 29.4 Å². The van der Waals surface area contributed by atoms with Crippen LogP contribution in [0.25, 0.3) is 0 Å². The Kier molecular flexibility index (Phi) is 4.48. The van der Waals surface area contributed by atoms with E-state index >= 15 is 0 Å². The number of amides is 2. The zero-order valence-electron chi connectivity index (χ0n) is 12.4. The molecule has 1 fully saturated rings. The van der Waals surface area contributed by atoms with E-state index in [1.807, 2.05) is 0 Å². The van der Waals surface area contributed by atoms with E-state index in [4.69, 9.17) is 16.3 Å². The highest BCUT2D eigenvalue weighted by Crippen LogP contribution is 2.38. The van der Waals surface area contributed by atoms with Crippen molar-refractivity contribution in [1.82, 2.24) is 4.90 Å². The van der Waals surface area contributed by atoms with Crippen molar-refractivity contribution in [2.45, 2.75) is 12.8 Å². The lowest BCUT2D eigenvalue weighted by Gasteiger charge is -2.17. The average molecular weight is 334 g/mol. The molecule has 120 valence electrons. The van der Waals surface area contributed by atoms with Gasteiger partial charge in [0.1, 0.15) is 6.61 Å². The summed E-state index contributed by atoms with van der Waals surface area (Å²) in [5.74, 6) is -1.58. The number of hydrogen-bond donors (Lipinski definition) is 0. The summed E-state index contributed by atoms with van der Waals surface area (Å²) in [5.41, 5.74) is 0.441. The molecule has 0 radical (unpaired) electrons. The van der Waals surface area contributed by atoms with Crippen LogP contribution in [0.2, 0.25) is 0 Å². The predicted molar refractivity (Wildman–Crippen MR) is 83.6 cm³/mol. The van der Waals surface area contributed by atoms with Gasteiger partial charge in [0.25, 0.3) is 0 Å². The van der Waals surface area contributed by atoms with Crippen molar-refractivity contribution < 1.29 is 19.1 Å². The fraction of sp³-hybridized carbons (Fsp3) is 0.353. The lowest BCUT2D eigenvalue weighted by Crippen LogP contribution is -2.34. The molecule has 6 heteroatoms. The molecule has 0 bridgehead atoms. The third kappa shape index (κ3) is 3.15. The first-order valence-electron chi connectivity index (χ1n) is 7.50. The molecule has 1 saturated heterocycles. The summed E-state index contributed by atoms with van der Waals surface area (Å²) < 4.78 is 5.14. The van der Waals surface area contributed by atoms with Crippen molar-refractivity contribution in [1.29, 1.82) is 0 Å². The van der Waals surface area contributed by atoms with E-state index in [2.05, 4.69) is 0 Å². The summed E-state index contributed by atoms with van der Waals surface area (Å²) >= 11 is 5.97. The van der Waals surface area contributed by atoms with Crippen LogP contribution in [-0.4, -0.2) is 35.8 Å². The van der Waals surface area contributed by atoms with Gasteiger partial charge >= 0.3 is 5.97 Å². The van der Waals surface area contributed by atoms with Gasteiger partial charge in [-0.05, 0) is 25.0 Å². The fourth-order valence-corrected chi connectivity index (χ4v) is 3.26. The van der Waals surface area contributed by atoms with E-state index in [9.17, 15) is 14.4 Å². The Morgan fingerprint density at radius 1 is 1.17 bits per heavy atom. The van der Waals surface area contributed by atoms with Crippen LogP contribution in [0.4, 0.5) is 0 Å². The number of allylic oxidation sites excluding steroid dienone is 2. The minimum absolute atomic E-state index is 0.00813. The Bertz CT molecular complexity index is 670. The topological polar surface area (TPSA) is 63.7 Å². The molecule has 1 aliphatic heterocycles. The molecule has 0 saturated carbocycles. The number of carbonyl (C=O) groups excluding carboxylic acids is 3. The first-order valence-corrected chi connectivity index (χ1v) is 7.87. The number of carbonyl (C=O) groups is 3. The number of benzene rings is 1. The first kappa shape index (κ1) is 15.7. The van der Waals surface area contributed by atoms with Crippen LogP contribution in [-0.2, 0) is 14.3 Å². The summed E-state index contributed by atoms with van der Waals surface area (Å²) in [6, 6.07) is 8.59. The van der Waals surface area contributed by atoms with E-state index < -0.39 is 5.97 Å². The van der Waals surface area contributed by atoms with Gasteiger partial charge in [-0.15, -0.1) is 0 Å². The number of hydrogen-bond acceptors (Lipinski definition) is 4. The quantitative estimate of drug-likeness (QED) is 0.627. The molecule has 1 heterocycles. The summed E-state index contributed by atoms with van der Waals surface area (Å²) in [6.07, 6.45) is 2.71. The average Bonchev–Trinajstić information content (AvgIpc) is 2.80. The fourth-order valence-electron chi connectivity index (χ4n) is 3.00. The maximum absolute atomic E-state index is 12.3. The van der Waals surface area contributed by atoms with Crippen LogP contribution in [0.3, 0.4) is 0 Å². The van der Waals surface area contributed by atoms with E-state index in [1.165, 1.54) is 4.90 Å². The molecule has 5 nitrogen and oxygen atoms in total. The van der Waals surface area contributed by atoms with Gasteiger partial charge in [0.05, 0.1) is 23.9 Å². The smallest absolute Gasteiger partial charge is 0.338 e. The summed E-state index contributed by atoms with van der Waals surface area (Å²) in [7, 11) is 0. The molecule has 3 rings (SSSR count). The highest BCUT2D eigenvalue weighted by Gasteiger charge is 2.48. The van der Waals surface area contributed by atoms with Gasteiger partial charge in [0.15, 0.2) is 0 Å². The normalized spacial score (nSPS) is 23.5. The molecule has 0 aromatic heterocycles. The molecule has 0 spiro atoms. The van der Waals surface area contributed by atoms with Gasteiger partial charge in [0.2, 0.25) is 11.8 Å². The Balaban J connectivity index is 1.56. The van der Waals surface area contributed by atoms with Gasteiger partial charge in [-0.2, -0.15) is 0 Å². The number of likely N-dealkylation sites (tertiary alicyclic amines) is 1. The zero-order valence-corrected chi connectivity index (χ0v) is 13.2. The van der Waals surface area contributed by atoms with Gasteiger partial charge in [-0.25, -0.2) is 4.79 Å². The lowest BCUT2D eigenvalue weighted by atomic mass is 9.85. The highest BCUT2D eigenvalue weighted by molar-refractivity contribution is 6.30. The second-order valence-corrected chi connectivity index (χ2v) is 6.12. The molecule has 2 aliphatic rings. The van der Waals surface area contributed by atoms with Gasteiger partial charge < -0.3 is 4.74 Å². The number of imide groups is 1. The minimum atomic E-state index is -0.466. The molecule has 1 aliphatic carbocycles. The van der Waals surface area contributed by atoms with Crippen molar-refractivity contribution in [2.75, 3.05) is 13.2 Å². The molecular weight excluding hydrogens is 318 g/mol. The van der Waals surface area contributed by atoms with Crippen molar-refractivity contribution in [3.8, 4) is 0 Å². The summed E-state index contributed by atoms with van der Waals surface area (Å²) in [6.45, 7) is 0.0761. The predicted octanol–water partition coefficient (Wildman–Crippen LogP) is 2.36. The Labute approximate surface area is 138 Å². The minimum Gasteiger partial charge on any atom is -0.460 e. The Hall–Kier alpha value is -2.14. The second-order valence-electron chi connectivity index (χ2n) is 5.63.